The van der Waals surface area contributed by atoms with Crippen LogP contribution in [0.2, 0.25) is 0 Å². The number of benzene rings is 2. The Morgan fingerprint density at radius 2 is 1.88 bits per heavy atom. The van der Waals surface area contributed by atoms with E-state index >= 15 is 0 Å². The van der Waals surface area contributed by atoms with Crippen LogP contribution in [-0.4, -0.2) is 13.0 Å². The van der Waals surface area contributed by atoms with Crippen LogP contribution in [0.5, 0.6) is 5.75 Å². The van der Waals surface area contributed by atoms with Gasteiger partial charge in [-0.3, -0.25) is 4.79 Å². The van der Waals surface area contributed by atoms with Crippen LogP contribution < -0.4 is 15.8 Å². The normalized spacial score (nSPS) is 10.8. The lowest BCUT2D eigenvalue weighted by Crippen LogP contribution is -2.24. The second-order valence-corrected chi connectivity index (χ2v) is 5.73. The summed E-state index contributed by atoms with van der Waals surface area (Å²) in [4.78, 5) is 12.2. The number of nitrogen functional groups attached to an aromatic ring is 1. The molecule has 0 aliphatic carbocycles. The lowest BCUT2D eigenvalue weighted by molar-refractivity contribution is 0.0949. The van der Waals surface area contributed by atoms with Gasteiger partial charge in [-0.25, -0.2) is 8.78 Å². The third kappa shape index (κ3) is 3.64. The summed E-state index contributed by atoms with van der Waals surface area (Å²) in [6.07, 6.45) is 0. The van der Waals surface area contributed by atoms with Crippen molar-refractivity contribution in [2.75, 3.05) is 12.8 Å². The summed E-state index contributed by atoms with van der Waals surface area (Å²) in [5.41, 5.74) is 8.34. The molecular formula is C18H20F2N2O2. The predicted octanol–water partition coefficient (Wildman–Crippen LogP) is 3.61. The first-order valence-electron chi connectivity index (χ1n) is 7.53. The van der Waals surface area contributed by atoms with Crippen molar-refractivity contribution in [3.05, 3.63) is 58.7 Å². The third-order valence-corrected chi connectivity index (χ3v) is 3.71. The molecule has 4 nitrogen and oxygen atoms in total. The maximum absolute atomic E-state index is 13.7. The zero-order valence-corrected chi connectivity index (χ0v) is 13.8. The van der Waals surface area contributed by atoms with Gasteiger partial charge in [0.25, 0.3) is 5.91 Å². The van der Waals surface area contributed by atoms with Crippen LogP contribution >= 0.6 is 0 Å². The molecule has 0 spiro atoms. The molecule has 0 bridgehead atoms. The van der Waals surface area contributed by atoms with E-state index in [1.165, 1.54) is 0 Å². The Kier molecular flexibility index (Phi) is 5.39. The molecule has 1 amide bonds. The number of hydrogen-bond acceptors (Lipinski definition) is 3. The summed E-state index contributed by atoms with van der Waals surface area (Å²) in [6, 6.07) is 7.35. The molecule has 0 saturated carbocycles. The standard InChI is InChI=1S/C18H20F2N2O2/c1-10(2)16-11(5-4-6-15(16)21)9-22-18(23)12-7-13(19)17(24-3)14(20)8-12/h4-8,10H,9,21H2,1-3H3,(H,22,23). The van der Waals surface area contributed by atoms with E-state index in [1.807, 2.05) is 19.9 Å². The summed E-state index contributed by atoms with van der Waals surface area (Å²) in [5, 5.41) is 2.66. The van der Waals surface area contributed by atoms with Crippen LogP contribution in [-0.2, 0) is 6.54 Å². The molecule has 24 heavy (non-hydrogen) atoms. The Bertz CT molecular complexity index is 738. The minimum Gasteiger partial charge on any atom is -0.491 e. The number of nitrogens with one attached hydrogen (secondary N) is 1. The van der Waals surface area contributed by atoms with E-state index in [4.69, 9.17) is 5.73 Å². The fourth-order valence-corrected chi connectivity index (χ4v) is 2.65. The van der Waals surface area contributed by atoms with Gasteiger partial charge in [0.2, 0.25) is 0 Å². The number of ether oxygens (including phenoxy) is 1. The highest BCUT2D eigenvalue weighted by molar-refractivity contribution is 5.94. The molecule has 0 atom stereocenters. The average molecular weight is 334 g/mol. The molecule has 2 aromatic rings. The van der Waals surface area contributed by atoms with Gasteiger partial charge >= 0.3 is 0 Å². The van der Waals surface area contributed by atoms with Gasteiger partial charge in [-0.2, -0.15) is 0 Å². The van der Waals surface area contributed by atoms with Crippen molar-refractivity contribution in [1.29, 1.82) is 0 Å². The Morgan fingerprint density at radius 1 is 1.25 bits per heavy atom. The first-order chi connectivity index (χ1) is 11.3. The van der Waals surface area contributed by atoms with E-state index < -0.39 is 23.3 Å². The van der Waals surface area contributed by atoms with Crippen molar-refractivity contribution in [1.82, 2.24) is 5.32 Å². The van der Waals surface area contributed by atoms with Crippen molar-refractivity contribution in [2.24, 2.45) is 0 Å². The van der Waals surface area contributed by atoms with E-state index in [9.17, 15) is 13.6 Å². The Morgan fingerprint density at radius 3 is 2.42 bits per heavy atom. The monoisotopic (exact) mass is 334 g/mol. The van der Waals surface area contributed by atoms with E-state index in [0.717, 1.165) is 30.4 Å². The van der Waals surface area contributed by atoms with Crippen LogP contribution in [0.25, 0.3) is 0 Å². The fourth-order valence-electron chi connectivity index (χ4n) is 2.65. The number of rotatable bonds is 5. The Balaban J connectivity index is 2.19. The number of carbonyl (C=O) groups is 1. The van der Waals surface area contributed by atoms with Crippen molar-refractivity contribution < 1.29 is 18.3 Å². The van der Waals surface area contributed by atoms with Crippen LogP contribution in [0.4, 0.5) is 14.5 Å². The van der Waals surface area contributed by atoms with Crippen molar-refractivity contribution in [3.8, 4) is 5.75 Å². The van der Waals surface area contributed by atoms with Gasteiger partial charge in [0, 0.05) is 17.8 Å². The maximum Gasteiger partial charge on any atom is 0.251 e. The topological polar surface area (TPSA) is 64.3 Å². The van der Waals surface area contributed by atoms with Crippen LogP contribution in [0, 0.1) is 11.6 Å². The van der Waals surface area contributed by atoms with Gasteiger partial charge in [-0.1, -0.05) is 26.0 Å². The predicted molar refractivity (Wildman–Crippen MR) is 89.0 cm³/mol. The van der Waals surface area contributed by atoms with E-state index in [1.54, 1.807) is 12.1 Å². The Labute approximate surface area is 139 Å². The first kappa shape index (κ1) is 17.7. The molecule has 0 saturated heterocycles. The van der Waals surface area contributed by atoms with Crippen molar-refractivity contribution >= 4 is 11.6 Å². The van der Waals surface area contributed by atoms with Gasteiger partial charge in [-0.05, 0) is 35.2 Å². The van der Waals surface area contributed by atoms with Crippen LogP contribution in [0.1, 0.15) is 41.3 Å². The lowest BCUT2D eigenvalue weighted by atomic mass is 9.95. The molecule has 0 unspecified atom stereocenters. The number of halogens is 2. The molecule has 0 radical (unpaired) electrons. The first-order valence-corrected chi connectivity index (χ1v) is 7.53. The second kappa shape index (κ2) is 7.29. The van der Waals surface area contributed by atoms with Gasteiger partial charge in [0.15, 0.2) is 17.4 Å². The Hall–Kier alpha value is -2.63. The lowest BCUT2D eigenvalue weighted by Gasteiger charge is -2.16. The number of carbonyl (C=O) groups excluding carboxylic acids is 1. The molecule has 2 aromatic carbocycles. The molecule has 128 valence electrons. The second-order valence-electron chi connectivity index (χ2n) is 5.73. The summed E-state index contributed by atoms with van der Waals surface area (Å²) < 4.78 is 32.0. The summed E-state index contributed by atoms with van der Waals surface area (Å²) in [6.45, 7) is 4.23. The SMILES string of the molecule is COc1c(F)cc(C(=O)NCc2cccc(N)c2C(C)C)cc1F. The molecular weight excluding hydrogens is 314 g/mol. The largest absolute Gasteiger partial charge is 0.491 e. The molecule has 0 aliphatic rings. The summed E-state index contributed by atoms with van der Waals surface area (Å²) in [5.74, 6) is -2.74. The highest BCUT2D eigenvalue weighted by atomic mass is 19.1. The molecule has 0 aliphatic heterocycles. The molecule has 6 heteroatoms. The van der Waals surface area contributed by atoms with Gasteiger partial charge in [0.1, 0.15) is 0 Å². The van der Waals surface area contributed by atoms with Crippen LogP contribution in [0.15, 0.2) is 30.3 Å². The number of hydrogen-bond donors (Lipinski definition) is 2. The zero-order chi connectivity index (χ0) is 17.9. The average Bonchev–Trinajstić information content (AvgIpc) is 2.51. The highest BCUT2D eigenvalue weighted by Gasteiger charge is 2.16. The molecule has 0 fully saturated rings. The number of anilines is 1. The van der Waals surface area contributed by atoms with Gasteiger partial charge in [-0.15, -0.1) is 0 Å². The number of nitrogens with two attached hydrogens (primary N) is 1. The van der Waals surface area contributed by atoms with E-state index in [-0.39, 0.29) is 18.0 Å². The quantitative estimate of drug-likeness (QED) is 0.821. The highest BCUT2D eigenvalue weighted by Crippen LogP contribution is 2.26. The van der Waals surface area contributed by atoms with Crippen molar-refractivity contribution in [3.63, 3.8) is 0 Å². The number of amides is 1. The molecule has 0 aromatic heterocycles. The van der Waals surface area contributed by atoms with Gasteiger partial charge < -0.3 is 15.8 Å². The zero-order valence-electron chi connectivity index (χ0n) is 13.8. The summed E-state index contributed by atoms with van der Waals surface area (Å²) >= 11 is 0. The molecule has 3 N–H and O–H groups in total. The molecule has 2 rings (SSSR count). The molecule has 0 heterocycles. The third-order valence-electron chi connectivity index (χ3n) is 3.71. The van der Waals surface area contributed by atoms with E-state index in [0.29, 0.717) is 5.69 Å². The minimum absolute atomic E-state index is 0.110. The van der Waals surface area contributed by atoms with E-state index in [2.05, 4.69) is 10.1 Å². The maximum atomic E-state index is 13.7. The van der Waals surface area contributed by atoms with Crippen LogP contribution in [0.3, 0.4) is 0 Å². The smallest absolute Gasteiger partial charge is 0.251 e. The fraction of sp³-hybridized carbons (Fsp3) is 0.278. The van der Waals surface area contributed by atoms with Crippen molar-refractivity contribution in [2.45, 2.75) is 26.3 Å². The minimum atomic E-state index is -0.922. The number of methoxy groups -OCH3 is 1. The summed E-state index contributed by atoms with van der Waals surface area (Å²) in [7, 11) is 1.16. The van der Waals surface area contributed by atoms with Gasteiger partial charge in [0.05, 0.1) is 7.11 Å².